The van der Waals surface area contributed by atoms with Crippen LogP contribution in [0.4, 0.5) is 0 Å². The third-order valence-electron chi connectivity index (χ3n) is 7.00. The van der Waals surface area contributed by atoms with E-state index in [-0.39, 0.29) is 11.8 Å². The quantitative estimate of drug-likeness (QED) is 0.165. The van der Waals surface area contributed by atoms with Crippen molar-refractivity contribution in [2.24, 2.45) is 0 Å². The minimum atomic E-state index is -0.453. The molecule has 0 aliphatic carbocycles. The van der Waals surface area contributed by atoms with Gasteiger partial charge in [-0.2, -0.15) is 0 Å². The molecule has 1 aliphatic heterocycles. The highest BCUT2D eigenvalue weighted by Crippen LogP contribution is 2.14. The van der Waals surface area contributed by atoms with E-state index in [9.17, 15) is 9.59 Å². The molecule has 0 unspecified atom stereocenters. The molecular weight excluding hydrogens is 432 g/mol. The molecule has 4 nitrogen and oxygen atoms in total. The molecule has 1 aliphatic rings. The van der Waals surface area contributed by atoms with Gasteiger partial charge in [0, 0.05) is 25.9 Å². The first-order valence-electron chi connectivity index (χ1n) is 14.5. The number of carbonyl (C=O) groups is 2. The Morgan fingerprint density at radius 2 is 1.40 bits per heavy atom. The van der Waals surface area contributed by atoms with Gasteiger partial charge in [-0.05, 0) is 50.5 Å². The van der Waals surface area contributed by atoms with Crippen molar-refractivity contribution in [1.29, 1.82) is 0 Å². The first kappa shape index (κ1) is 29.1. The van der Waals surface area contributed by atoms with Gasteiger partial charge in [-0.1, -0.05) is 101 Å². The van der Waals surface area contributed by atoms with E-state index >= 15 is 0 Å². The van der Waals surface area contributed by atoms with Crippen molar-refractivity contribution >= 4 is 11.8 Å². The largest absolute Gasteiger partial charge is 0.344 e. The van der Waals surface area contributed by atoms with Crippen LogP contribution >= 0.6 is 0 Å². The highest BCUT2D eigenvalue weighted by Gasteiger charge is 2.27. The number of nitrogens with zero attached hydrogens (tertiary/aromatic N) is 1. The summed E-state index contributed by atoms with van der Waals surface area (Å²) in [4.78, 5) is 27.5. The second-order valence-electron chi connectivity index (χ2n) is 10.2. The zero-order valence-electron chi connectivity index (χ0n) is 22.3. The molecule has 196 valence electrons. The summed E-state index contributed by atoms with van der Waals surface area (Å²) < 4.78 is 0. The van der Waals surface area contributed by atoms with Crippen LogP contribution in [-0.4, -0.2) is 35.8 Å². The molecule has 1 fully saturated rings. The van der Waals surface area contributed by atoms with Crippen molar-refractivity contribution in [3.63, 3.8) is 0 Å². The first-order chi connectivity index (χ1) is 17.2. The lowest BCUT2D eigenvalue weighted by molar-refractivity contribution is -0.135. The average molecular weight is 483 g/mol. The van der Waals surface area contributed by atoms with E-state index < -0.39 is 6.04 Å². The van der Waals surface area contributed by atoms with Crippen LogP contribution in [-0.2, 0) is 16.0 Å². The Bertz CT molecular complexity index is 710. The van der Waals surface area contributed by atoms with Crippen LogP contribution in [0.25, 0.3) is 0 Å². The minimum absolute atomic E-state index is 0.0103. The number of amides is 2. The average Bonchev–Trinajstić information content (AvgIpc) is 3.41. The lowest BCUT2D eigenvalue weighted by atomic mass is 10.0. The molecule has 2 amide bonds. The van der Waals surface area contributed by atoms with Crippen LogP contribution in [0.1, 0.15) is 115 Å². The summed E-state index contributed by atoms with van der Waals surface area (Å²) in [5.41, 5.74) is 1.09. The molecule has 0 bridgehead atoms. The maximum atomic E-state index is 13.0. The van der Waals surface area contributed by atoms with E-state index in [4.69, 9.17) is 0 Å². The van der Waals surface area contributed by atoms with Crippen LogP contribution in [0.15, 0.2) is 42.5 Å². The van der Waals surface area contributed by atoms with Gasteiger partial charge >= 0.3 is 0 Å². The molecule has 35 heavy (non-hydrogen) atoms. The molecule has 0 radical (unpaired) electrons. The fourth-order valence-electron chi connectivity index (χ4n) is 4.83. The standard InChI is InChI=1S/C31H50N2O2/c1-2-3-4-5-6-7-8-9-10-11-12-13-14-15-19-24-30(34)32-29(27-28-22-17-16-18-23-28)31(35)33-25-20-21-26-33/h9-10,16-18,22-23,29H,2-8,11-15,19-21,24-27H2,1H3,(H,32,34)/t29-/m0/s1. The highest BCUT2D eigenvalue weighted by atomic mass is 16.2. The Morgan fingerprint density at radius 1 is 0.829 bits per heavy atom. The van der Waals surface area contributed by atoms with Gasteiger partial charge in [0.25, 0.3) is 0 Å². The normalized spacial score (nSPS) is 14.5. The molecule has 2 rings (SSSR count). The molecule has 4 heteroatoms. The maximum Gasteiger partial charge on any atom is 0.245 e. The van der Waals surface area contributed by atoms with Gasteiger partial charge in [0.1, 0.15) is 6.04 Å². The predicted molar refractivity (Wildman–Crippen MR) is 147 cm³/mol. The SMILES string of the molecule is CCCCCCCCC=CCCCCCCCC(=O)N[C@@H](Cc1ccccc1)C(=O)N1CCCC1. The highest BCUT2D eigenvalue weighted by molar-refractivity contribution is 5.88. The predicted octanol–water partition coefficient (Wildman–Crippen LogP) is 7.37. The molecule has 1 heterocycles. The molecule has 1 saturated heterocycles. The van der Waals surface area contributed by atoms with Gasteiger partial charge in [-0.3, -0.25) is 9.59 Å². The molecular formula is C31H50N2O2. The fourth-order valence-corrected chi connectivity index (χ4v) is 4.83. The summed E-state index contributed by atoms with van der Waals surface area (Å²) in [6, 6.07) is 9.55. The van der Waals surface area contributed by atoms with E-state index in [0.717, 1.165) is 44.3 Å². The topological polar surface area (TPSA) is 49.4 Å². The van der Waals surface area contributed by atoms with Gasteiger partial charge in [-0.15, -0.1) is 0 Å². The summed E-state index contributed by atoms with van der Waals surface area (Å²) in [5.74, 6) is 0.0837. The van der Waals surface area contributed by atoms with Crippen molar-refractivity contribution < 1.29 is 9.59 Å². The third-order valence-corrected chi connectivity index (χ3v) is 7.00. The van der Waals surface area contributed by atoms with Gasteiger partial charge in [0.05, 0.1) is 0 Å². The Hall–Kier alpha value is -2.10. The summed E-state index contributed by atoms with van der Waals surface area (Å²) in [6.07, 6.45) is 24.1. The van der Waals surface area contributed by atoms with E-state index in [0.29, 0.717) is 12.8 Å². The van der Waals surface area contributed by atoms with Gasteiger partial charge in [0.15, 0.2) is 0 Å². The van der Waals surface area contributed by atoms with Crippen molar-refractivity contribution in [2.75, 3.05) is 13.1 Å². The third kappa shape index (κ3) is 13.5. The number of hydrogen-bond donors (Lipinski definition) is 1. The van der Waals surface area contributed by atoms with Gasteiger partial charge in [0.2, 0.25) is 11.8 Å². The molecule has 1 atom stereocenters. The van der Waals surface area contributed by atoms with E-state index in [1.165, 1.54) is 70.6 Å². The number of rotatable bonds is 19. The zero-order valence-corrected chi connectivity index (χ0v) is 22.3. The number of carbonyl (C=O) groups excluding carboxylic acids is 2. The lowest BCUT2D eigenvalue weighted by Gasteiger charge is -2.24. The van der Waals surface area contributed by atoms with Gasteiger partial charge < -0.3 is 10.2 Å². The maximum absolute atomic E-state index is 13.0. The zero-order chi connectivity index (χ0) is 25.0. The molecule has 1 aromatic carbocycles. The summed E-state index contributed by atoms with van der Waals surface area (Å²) in [6.45, 7) is 3.89. The summed E-state index contributed by atoms with van der Waals surface area (Å²) in [7, 11) is 0. The number of hydrogen-bond acceptors (Lipinski definition) is 2. The minimum Gasteiger partial charge on any atom is -0.344 e. The number of allylic oxidation sites excluding steroid dienone is 2. The number of benzene rings is 1. The number of nitrogens with one attached hydrogen (secondary N) is 1. The Labute approximate surface area is 214 Å². The van der Waals surface area contributed by atoms with Crippen LogP contribution in [0.3, 0.4) is 0 Å². The van der Waals surface area contributed by atoms with Crippen LogP contribution < -0.4 is 5.32 Å². The summed E-state index contributed by atoms with van der Waals surface area (Å²) in [5, 5.41) is 3.05. The second kappa shape index (κ2) is 19.1. The van der Waals surface area contributed by atoms with E-state index in [1.807, 2.05) is 35.2 Å². The van der Waals surface area contributed by atoms with Crippen LogP contribution in [0.5, 0.6) is 0 Å². The Balaban J connectivity index is 1.54. The van der Waals surface area contributed by atoms with Crippen molar-refractivity contribution in [1.82, 2.24) is 10.2 Å². The summed E-state index contributed by atoms with van der Waals surface area (Å²) >= 11 is 0. The van der Waals surface area contributed by atoms with Crippen LogP contribution in [0.2, 0.25) is 0 Å². The van der Waals surface area contributed by atoms with E-state index in [1.54, 1.807) is 0 Å². The fraction of sp³-hybridized carbons (Fsp3) is 0.677. The Morgan fingerprint density at radius 3 is 2.03 bits per heavy atom. The molecule has 0 spiro atoms. The molecule has 0 aromatic heterocycles. The van der Waals surface area contributed by atoms with Crippen molar-refractivity contribution in [3.8, 4) is 0 Å². The molecule has 1 N–H and O–H groups in total. The number of likely N-dealkylation sites (tertiary alicyclic amines) is 1. The number of unbranched alkanes of at least 4 members (excludes halogenated alkanes) is 11. The first-order valence-corrected chi connectivity index (χ1v) is 14.5. The van der Waals surface area contributed by atoms with E-state index in [2.05, 4.69) is 24.4 Å². The molecule has 1 aromatic rings. The Kier molecular flexibility index (Phi) is 15.9. The monoisotopic (exact) mass is 482 g/mol. The van der Waals surface area contributed by atoms with Crippen molar-refractivity contribution in [2.45, 2.75) is 122 Å². The smallest absolute Gasteiger partial charge is 0.245 e. The van der Waals surface area contributed by atoms with Crippen molar-refractivity contribution in [3.05, 3.63) is 48.0 Å². The van der Waals surface area contributed by atoms with Gasteiger partial charge in [-0.25, -0.2) is 0 Å². The molecule has 0 saturated carbocycles. The second-order valence-corrected chi connectivity index (χ2v) is 10.2. The van der Waals surface area contributed by atoms with Crippen LogP contribution in [0, 0.1) is 0 Å². The lowest BCUT2D eigenvalue weighted by Crippen LogP contribution is -2.48.